The van der Waals surface area contributed by atoms with Crippen molar-refractivity contribution >= 4 is 5.69 Å². The fourth-order valence-electron chi connectivity index (χ4n) is 2.11. The van der Waals surface area contributed by atoms with E-state index in [2.05, 4.69) is 35.1 Å². The minimum atomic E-state index is 0.771. The van der Waals surface area contributed by atoms with Crippen LogP contribution in [0.5, 0.6) is 0 Å². The van der Waals surface area contributed by atoms with Crippen LogP contribution in [0.4, 0.5) is 5.69 Å². The molecule has 0 amide bonds. The van der Waals surface area contributed by atoms with E-state index in [0.717, 1.165) is 25.7 Å². The van der Waals surface area contributed by atoms with Crippen molar-refractivity contribution in [2.45, 2.75) is 39.3 Å². The lowest BCUT2D eigenvalue weighted by Crippen LogP contribution is -2.27. The Balaban J connectivity index is 2.16. The molecule has 3 heteroatoms. The Morgan fingerprint density at radius 2 is 2.25 bits per heavy atom. The lowest BCUT2D eigenvalue weighted by atomic mass is 10.2. The number of pyridine rings is 1. The van der Waals surface area contributed by atoms with Crippen molar-refractivity contribution in [3.8, 4) is 0 Å². The van der Waals surface area contributed by atoms with Crippen LogP contribution in [0.1, 0.15) is 32.3 Å². The topological polar surface area (TPSA) is 28.2 Å². The van der Waals surface area contributed by atoms with E-state index in [9.17, 15) is 0 Å². The number of hydrogen-bond donors (Lipinski definition) is 1. The highest BCUT2D eigenvalue weighted by Gasteiger charge is 2.29. The van der Waals surface area contributed by atoms with Crippen LogP contribution in [-0.4, -0.2) is 24.1 Å². The van der Waals surface area contributed by atoms with Gasteiger partial charge in [0.2, 0.25) is 0 Å². The molecule has 3 nitrogen and oxygen atoms in total. The molecule has 0 atom stereocenters. The molecule has 1 aliphatic rings. The highest BCUT2D eigenvalue weighted by molar-refractivity contribution is 5.54. The zero-order chi connectivity index (χ0) is 11.4. The Morgan fingerprint density at radius 3 is 2.88 bits per heavy atom. The summed E-state index contributed by atoms with van der Waals surface area (Å²) < 4.78 is 0. The Labute approximate surface area is 97.9 Å². The van der Waals surface area contributed by atoms with Crippen LogP contribution in [0.3, 0.4) is 0 Å². The molecule has 1 heterocycles. The first-order valence-corrected chi connectivity index (χ1v) is 6.27. The highest BCUT2D eigenvalue weighted by atomic mass is 15.2. The molecular weight excluding hydrogens is 198 g/mol. The second-order valence-electron chi connectivity index (χ2n) is 4.30. The van der Waals surface area contributed by atoms with Crippen molar-refractivity contribution in [2.24, 2.45) is 0 Å². The average molecular weight is 219 g/mol. The van der Waals surface area contributed by atoms with Gasteiger partial charge in [0.1, 0.15) is 0 Å². The normalized spacial score (nSPS) is 15.1. The monoisotopic (exact) mass is 219 g/mol. The Hall–Kier alpha value is -1.09. The summed E-state index contributed by atoms with van der Waals surface area (Å²) in [5, 5.41) is 3.38. The fraction of sp³-hybridized carbons (Fsp3) is 0.615. The van der Waals surface area contributed by atoms with Crippen LogP contribution in [-0.2, 0) is 6.54 Å². The van der Waals surface area contributed by atoms with Gasteiger partial charge < -0.3 is 10.2 Å². The average Bonchev–Trinajstić information content (AvgIpc) is 3.13. The van der Waals surface area contributed by atoms with Gasteiger partial charge in [-0.05, 0) is 32.4 Å². The molecule has 1 aromatic heterocycles. The first kappa shape index (κ1) is 11.4. The summed E-state index contributed by atoms with van der Waals surface area (Å²) in [7, 11) is 0. The number of rotatable bonds is 6. The maximum absolute atomic E-state index is 4.23. The van der Waals surface area contributed by atoms with Crippen LogP contribution in [0.25, 0.3) is 0 Å². The standard InChI is InChI=1S/C13H21N3/c1-3-14-9-11-10-15-8-7-13(11)16(4-2)12-5-6-12/h7-8,10,12,14H,3-6,9H2,1-2H3. The van der Waals surface area contributed by atoms with Gasteiger partial charge in [-0.1, -0.05) is 6.92 Å². The number of hydrogen-bond acceptors (Lipinski definition) is 3. The van der Waals surface area contributed by atoms with E-state index in [-0.39, 0.29) is 0 Å². The molecule has 1 aromatic rings. The predicted molar refractivity (Wildman–Crippen MR) is 67.7 cm³/mol. The Kier molecular flexibility index (Phi) is 3.78. The van der Waals surface area contributed by atoms with Gasteiger partial charge in [-0.2, -0.15) is 0 Å². The van der Waals surface area contributed by atoms with Crippen LogP contribution in [0.2, 0.25) is 0 Å². The SMILES string of the molecule is CCNCc1cnccc1N(CC)C1CC1. The molecule has 1 N–H and O–H groups in total. The molecule has 1 saturated carbocycles. The molecule has 88 valence electrons. The second-order valence-corrected chi connectivity index (χ2v) is 4.30. The van der Waals surface area contributed by atoms with Crippen LogP contribution < -0.4 is 10.2 Å². The van der Waals surface area contributed by atoms with Gasteiger partial charge in [0.25, 0.3) is 0 Å². The van der Waals surface area contributed by atoms with E-state index in [4.69, 9.17) is 0 Å². The highest BCUT2D eigenvalue weighted by Crippen LogP contribution is 2.32. The summed E-state index contributed by atoms with van der Waals surface area (Å²) in [6.45, 7) is 7.38. The molecule has 1 fully saturated rings. The van der Waals surface area contributed by atoms with E-state index in [1.807, 2.05) is 12.4 Å². The predicted octanol–water partition coefficient (Wildman–Crippen LogP) is 2.18. The molecule has 0 unspecified atom stereocenters. The van der Waals surface area contributed by atoms with E-state index < -0.39 is 0 Å². The molecule has 0 saturated heterocycles. The minimum absolute atomic E-state index is 0.771. The van der Waals surface area contributed by atoms with Crippen LogP contribution >= 0.6 is 0 Å². The minimum Gasteiger partial charge on any atom is -0.368 e. The number of aromatic nitrogens is 1. The summed E-state index contributed by atoms with van der Waals surface area (Å²) >= 11 is 0. The van der Waals surface area contributed by atoms with Crippen molar-refractivity contribution in [3.63, 3.8) is 0 Å². The van der Waals surface area contributed by atoms with Crippen LogP contribution in [0.15, 0.2) is 18.5 Å². The van der Waals surface area contributed by atoms with Gasteiger partial charge in [-0.15, -0.1) is 0 Å². The van der Waals surface area contributed by atoms with Gasteiger partial charge in [-0.3, -0.25) is 4.98 Å². The third-order valence-corrected chi connectivity index (χ3v) is 3.08. The molecule has 0 bridgehead atoms. The van der Waals surface area contributed by atoms with Crippen molar-refractivity contribution in [2.75, 3.05) is 18.0 Å². The molecule has 0 radical (unpaired) electrons. The summed E-state index contributed by atoms with van der Waals surface area (Å²) in [4.78, 5) is 6.74. The number of nitrogens with zero attached hydrogens (tertiary/aromatic N) is 2. The smallest absolute Gasteiger partial charge is 0.0445 e. The molecule has 16 heavy (non-hydrogen) atoms. The maximum atomic E-state index is 4.23. The van der Waals surface area contributed by atoms with Crippen molar-refractivity contribution in [1.29, 1.82) is 0 Å². The zero-order valence-electron chi connectivity index (χ0n) is 10.2. The third kappa shape index (κ3) is 2.53. The van der Waals surface area contributed by atoms with Gasteiger partial charge in [-0.25, -0.2) is 0 Å². The largest absolute Gasteiger partial charge is 0.368 e. The van der Waals surface area contributed by atoms with Gasteiger partial charge in [0, 0.05) is 42.8 Å². The summed E-state index contributed by atoms with van der Waals surface area (Å²) in [5.74, 6) is 0. The van der Waals surface area contributed by atoms with Gasteiger partial charge in [0.15, 0.2) is 0 Å². The number of nitrogens with one attached hydrogen (secondary N) is 1. The van der Waals surface area contributed by atoms with E-state index >= 15 is 0 Å². The van der Waals surface area contributed by atoms with Gasteiger partial charge >= 0.3 is 0 Å². The first-order chi connectivity index (χ1) is 7.86. The zero-order valence-corrected chi connectivity index (χ0v) is 10.2. The molecule has 1 aliphatic carbocycles. The first-order valence-electron chi connectivity index (χ1n) is 6.27. The van der Waals surface area contributed by atoms with E-state index in [1.54, 1.807) is 0 Å². The lowest BCUT2D eigenvalue weighted by Gasteiger charge is -2.25. The molecule has 0 aromatic carbocycles. The van der Waals surface area contributed by atoms with Crippen LogP contribution in [0, 0.1) is 0 Å². The summed E-state index contributed by atoms with van der Waals surface area (Å²) in [5.41, 5.74) is 2.68. The quantitative estimate of drug-likeness (QED) is 0.795. The molecule has 0 spiro atoms. The van der Waals surface area contributed by atoms with Crippen molar-refractivity contribution in [1.82, 2.24) is 10.3 Å². The molecular formula is C13H21N3. The van der Waals surface area contributed by atoms with Gasteiger partial charge in [0.05, 0.1) is 0 Å². The second kappa shape index (κ2) is 5.30. The van der Waals surface area contributed by atoms with E-state index in [1.165, 1.54) is 24.1 Å². The Morgan fingerprint density at radius 1 is 1.44 bits per heavy atom. The van der Waals surface area contributed by atoms with Crippen molar-refractivity contribution in [3.05, 3.63) is 24.0 Å². The summed E-state index contributed by atoms with van der Waals surface area (Å²) in [6, 6.07) is 2.92. The maximum Gasteiger partial charge on any atom is 0.0445 e. The molecule has 2 rings (SSSR count). The van der Waals surface area contributed by atoms with E-state index in [0.29, 0.717) is 0 Å². The van der Waals surface area contributed by atoms with Crippen molar-refractivity contribution < 1.29 is 0 Å². The lowest BCUT2D eigenvalue weighted by molar-refractivity contribution is 0.715. The fourth-order valence-corrected chi connectivity index (χ4v) is 2.11. The Bertz CT molecular complexity index is 334. The number of anilines is 1. The summed E-state index contributed by atoms with van der Waals surface area (Å²) in [6.07, 6.45) is 6.58. The third-order valence-electron chi connectivity index (χ3n) is 3.08. The molecule has 0 aliphatic heterocycles.